The summed E-state index contributed by atoms with van der Waals surface area (Å²) < 4.78 is 0. The first-order valence-corrected chi connectivity index (χ1v) is 9.62. The third-order valence-electron chi connectivity index (χ3n) is 4.23. The second-order valence-corrected chi connectivity index (χ2v) is 7.11. The number of thioether (sulfide) groups is 1. The van der Waals surface area contributed by atoms with Crippen LogP contribution < -0.4 is 10.2 Å². The molecule has 2 aromatic rings. The number of anilines is 1. The van der Waals surface area contributed by atoms with Crippen LogP contribution in [0.15, 0.2) is 58.4 Å². The monoisotopic (exact) mass is 365 g/mol. The van der Waals surface area contributed by atoms with Crippen molar-refractivity contribution in [3.8, 4) is 0 Å². The molecule has 3 rings (SSSR count). The summed E-state index contributed by atoms with van der Waals surface area (Å²) in [5, 5.41) is 3.45. The van der Waals surface area contributed by atoms with E-state index >= 15 is 0 Å². The SMILES string of the molecule is CCN(CC)c1ccc(C=C2SC(=Nc3ccc(C)cc3)NC2=O)cc1. The lowest BCUT2D eigenvalue weighted by molar-refractivity contribution is -0.115. The van der Waals surface area contributed by atoms with Gasteiger partial charge >= 0.3 is 0 Å². The molecule has 26 heavy (non-hydrogen) atoms. The van der Waals surface area contributed by atoms with E-state index in [9.17, 15) is 4.79 Å². The molecule has 0 aliphatic carbocycles. The zero-order valence-corrected chi connectivity index (χ0v) is 16.1. The molecule has 0 radical (unpaired) electrons. The molecule has 1 aliphatic rings. The number of aryl methyl sites for hydroxylation is 1. The van der Waals surface area contributed by atoms with Crippen molar-refractivity contribution < 1.29 is 4.79 Å². The van der Waals surface area contributed by atoms with Crippen molar-refractivity contribution in [2.45, 2.75) is 20.8 Å². The Morgan fingerprint density at radius 2 is 1.69 bits per heavy atom. The highest BCUT2D eigenvalue weighted by atomic mass is 32.2. The second-order valence-electron chi connectivity index (χ2n) is 6.08. The second kappa shape index (κ2) is 8.23. The van der Waals surface area contributed by atoms with Gasteiger partial charge in [-0.1, -0.05) is 29.8 Å². The van der Waals surface area contributed by atoms with Gasteiger partial charge in [-0.2, -0.15) is 0 Å². The Bertz CT molecular complexity index is 835. The first kappa shape index (κ1) is 18.3. The van der Waals surface area contributed by atoms with Crippen molar-refractivity contribution in [2.75, 3.05) is 18.0 Å². The summed E-state index contributed by atoms with van der Waals surface area (Å²) in [6, 6.07) is 16.2. The van der Waals surface area contributed by atoms with Crippen LogP contribution in [-0.4, -0.2) is 24.2 Å². The molecule has 1 aliphatic heterocycles. The summed E-state index contributed by atoms with van der Waals surface area (Å²) >= 11 is 1.37. The number of nitrogens with zero attached hydrogens (tertiary/aromatic N) is 2. The molecule has 0 saturated carbocycles. The van der Waals surface area contributed by atoms with Crippen LogP contribution in [0, 0.1) is 6.92 Å². The van der Waals surface area contributed by atoms with Gasteiger partial charge in [0.2, 0.25) is 0 Å². The van der Waals surface area contributed by atoms with E-state index in [0.717, 1.165) is 24.3 Å². The lowest BCUT2D eigenvalue weighted by atomic mass is 10.1. The average Bonchev–Trinajstić information content (AvgIpc) is 2.98. The number of amidine groups is 1. The minimum absolute atomic E-state index is 0.103. The van der Waals surface area contributed by atoms with E-state index in [0.29, 0.717) is 10.1 Å². The lowest BCUT2D eigenvalue weighted by Gasteiger charge is -2.20. The molecular formula is C21H23N3OS. The molecule has 1 heterocycles. The largest absolute Gasteiger partial charge is 0.372 e. The fraction of sp³-hybridized carbons (Fsp3) is 0.238. The molecule has 0 aromatic heterocycles. The quantitative estimate of drug-likeness (QED) is 0.779. The van der Waals surface area contributed by atoms with Crippen LogP contribution in [0.25, 0.3) is 6.08 Å². The van der Waals surface area contributed by atoms with Gasteiger partial charge in [-0.25, -0.2) is 4.99 Å². The minimum atomic E-state index is -0.103. The number of carbonyl (C=O) groups excluding carboxylic acids is 1. The number of benzene rings is 2. The number of hydrogen-bond donors (Lipinski definition) is 1. The smallest absolute Gasteiger partial charge is 0.264 e. The van der Waals surface area contributed by atoms with Gasteiger partial charge in [-0.05, 0) is 68.4 Å². The molecule has 134 valence electrons. The highest BCUT2D eigenvalue weighted by Gasteiger charge is 2.23. The maximum absolute atomic E-state index is 12.2. The van der Waals surface area contributed by atoms with Crippen molar-refractivity contribution in [1.29, 1.82) is 0 Å². The zero-order valence-electron chi connectivity index (χ0n) is 15.3. The van der Waals surface area contributed by atoms with Gasteiger partial charge in [-0.15, -0.1) is 0 Å². The van der Waals surface area contributed by atoms with Crippen molar-refractivity contribution in [3.63, 3.8) is 0 Å². The van der Waals surface area contributed by atoms with Gasteiger partial charge in [0.15, 0.2) is 5.17 Å². The van der Waals surface area contributed by atoms with Crippen molar-refractivity contribution in [1.82, 2.24) is 5.32 Å². The van der Waals surface area contributed by atoms with E-state index in [-0.39, 0.29) is 5.91 Å². The van der Waals surface area contributed by atoms with Crippen molar-refractivity contribution in [2.24, 2.45) is 4.99 Å². The number of rotatable bonds is 5. The molecule has 1 N–H and O–H groups in total. The Morgan fingerprint density at radius 1 is 1.04 bits per heavy atom. The van der Waals surface area contributed by atoms with Crippen LogP contribution in [0.3, 0.4) is 0 Å². The van der Waals surface area contributed by atoms with Crippen LogP contribution in [0.4, 0.5) is 11.4 Å². The van der Waals surface area contributed by atoms with E-state index in [1.807, 2.05) is 49.4 Å². The molecule has 5 heteroatoms. The van der Waals surface area contributed by atoms with E-state index < -0.39 is 0 Å². The summed E-state index contributed by atoms with van der Waals surface area (Å²) in [7, 11) is 0. The van der Waals surface area contributed by atoms with E-state index in [2.05, 4.69) is 41.2 Å². The molecular weight excluding hydrogens is 342 g/mol. The van der Waals surface area contributed by atoms with Gasteiger partial charge in [0.25, 0.3) is 5.91 Å². The van der Waals surface area contributed by atoms with Crippen LogP contribution in [0.1, 0.15) is 25.0 Å². The van der Waals surface area contributed by atoms with Gasteiger partial charge in [-0.3, -0.25) is 4.79 Å². The summed E-state index contributed by atoms with van der Waals surface area (Å²) in [6.45, 7) is 8.29. The van der Waals surface area contributed by atoms with Gasteiger partial charge < -0.3 is 10.2 Å². The Morgan fingerprint density at radius 3 is 2.31 bits per heavy atom. The first-order valence-electron chi connectivity index (χ1n) is 8.80. The summed E-state index contributed by atoms with van der Waals surface area (Å²) in [6.07, 6.45) is 1.91. The third kappa shape index (κ3) is 4.35. The molecule has 4 nitrogen and oxygen atoms in total. The van der Waals surface area contributed by atoms with Gasteiger partial charge in [0, 0.05) is 18.8 Å². The van der Waals surface area contributed by atoms with Gasteiger partial charge in [0.05, 0.1) is 10.6 Å². The first-order chi connectivity index (χ1) is 12.6. The molecule has 0 bridgehead atoms. The van der Waals surface area contributed by atoms with E-state index in [1.54, 1.807) is 0 Å². The fourth-order valence-corrected chi connectivity index (χ4v) is 3.58. The lowest BCUT2D eigenvalue weighted by Crippen LogP contribution is -2.21. The van der Waals surface area contributed by atoms with Crippen LogP contribution in [-0.2, 0) is 4.79 Å². The van der Waals surface area contributed by atoms with E-state index in [1.165, 1.54) is 23.0 Å². The molecule has 0 spiro atoms. The molecule has 0 unspecified atom stereocenters. The predicted octanol–water partition coefficient (Wildman–Crippen LogP) is 4.73. The van der Waals surface area contributed by atoms with E-state index in [4.69, 9.17) is 0 Å². The third-order valence-corrected chi connectivity index (χ3v) is 5.14. The zero-order chi connectivity index (χ0) is 18.5. The Kier molecular flexibility index (Phi) is 5.78. The molecule has 1 fully saturated rings. The topological polar surface area (TPSA) is 44.7 Å². The summed E-state index contributed by atoms with van der Waals surface area (Å²) in [5.41, 5.74) is 4.23. The van der Waals surface area contributed by atoms with Gasteiger partial charge in [0.1, 0.15) is 0 Å². The van der Waals surface area contributed by atoms with Crippen molar-refractivity contribution in [3.05, 3.63) is 64.6 Å². The normalized spacial score (nSPS) is 17.0. The number of hydrogen-bond acceptors (Lipinski definition) is 4. The Balaban J connectivity index is 1.75. The highest BCUT2D eigenvalue weighted by molar-refractivity contribution is 8.18. The molecule has 2 aromatic carbocycles. The summed E-state index contributed by atoms with van der Waals surface area (Å²) in [4.78, 5) is 19.7. The van der Waals surface area contributed by atoms with Crippen LogP contribution in [0.2, 0.25) is 0 Å². The summed E-state index contributed by atoms with van der Waals surface area (Å²) in [5.74, 6) is -0.103. The highest BCUT2D eigenvalue weighted by Crippen LogP contribution is 2.28. The minimum Gasteiger partial charge on any atom is -0.372 e. The number of amides is 1. The maximum Gasteiger partial charge on any atom is 0.264 e. The average molecular weight is 366 g/mol. The standard InChI is InChI=1S/C21H23N3OS/c1-4-24(5-2)18-12-8-16(9-13-18)14-19-20(25)23-21(26-19)22-17-10-6-15(3)7-11-17/h6-14H,4-5H2,1-3H3,(H,22,23,25). The molecule has 1 saturated heterocycles. The van der Waals surface area contributed by atoms with Crippen LogP contribution >= 0.6 is 11.8 Å². The predicted molar refractivity (Wildman–Crippen MR) is 112 cm³/mol. The molecule has 0 atom stereocenters. The van der Waals surface area contributed by atoms with Crippen molar-refractivity contribution >= 4 is 40.3 Å². The Labute approximate surface area is 159 Å². The van der Waals surface area contributed by atoms with Crippen LogP contribution in [0.5, 0.6) is 0 Å². The number of nitrogens with one attached hydrogen (secondary N) is 1. The molecule has 1 amide bonds. The fourth-order valence-electron chi connectivity index (χ4n) is 2.74. The number of aliphatic imine (C=N–C) groups is 1. The maximum atomic E-state index is 12.2. The Hall–Kier alpha value is -2.53. The number of carbonyl (C=O) groups is 1.